The fraction of sp³-hybridized carbons (Fsp3) is 0.200. The molecule has 0 aliphatic rings. The lowest BCUT2D eigenvalue weighted by Gasteiger charge is -2.05. The molecule has 0 aliphatic heterocycles. The highest BCUT2D eigenvalue weighted by Gasteiger charge is 2.25. The van der Waals surface area contributed by atoms with Crippen molar-refractivity contribution in [2.75, 3.05) is 25.0 Å². The maximum atomic E-state index is 12.5. The number of hydrogen-bond acceptors (Lipinski definition) is 6. The zero-order valence-electron chi connectivity index (χ0n) is 28.5. The Balaban J connectivity index is 0.000000188. The van der Waals surface area contributed by atoms with E-state index in [1.54, 1.807) is 23.8 Å². The third-order valence-corrected chi connectivity index (χ3v) is 14.8. The Kier molecular flexibility index (Phi) is 12.4. The average Bonchev–Trinajstić information content (AvgIpc) is 3.66. The van der Waals surface area contributed by atoms with Gasteiger partial charge in [-0.15, -0.1) is 46.2 Å². The van der Waals surface area contributed by atoms with Gasteiger partial charge in [-0.05, 0) is 62.5 Å². The summed E-state index contributed by atoms with van der Waals surface area (Å²) in [5.41, 5.74) is 9.64. The summed E-state index contributed by atoms with van der Waals surface area (Å²) in [4.78, 5) is 8.87. The van der Waals surface area contributed by atoms with Gasteiger partial charge in [0.05, 0.1) is 41.1 Å². The zero-order chi connectivity index (χ0) is 34.5. The largest absolute Gasteiger partial charge is 0.255 e. The van der Waals surface area contributed by atoms with E-state index < -0.39 is 21.6 Å². The Morgan fingerprint density at radius 2 is 0.646 bits per heavy atom. The lowest BCUT2D eigenvalue weighted by atomic mass is 10.1. The molecule has 0 fully saturated rings. The molecule has 4 aromatic carbocycles. The first kappa shape index (κ1) is 36.6. The van der Waals surface area contributed by atoms with Crippen LogP contribution in [0.25, 0.3) is 41.8 Å². The second kappa shape index (κ2) is 16.3. The third kappa shape index (κ3) is 8.18. The van der Waals surface area contributed by atoms with E-state index in [1.807, 2.05) is 97.2 Å². The maximum absolute atomic E-state index is 12.5. The molecule has 2 nitrogen and oxygen atoms in total. The van der Waals surface area contributed by atoms with E-state index in [4.69, 9.17) is 0 Å². The smallest absolute Gasteiger partial charge is 0.0739 e. The minimum Gasteiger partial charge on any atom is -0.255 e. The molecule has 8 heteroatoms. The van der Waals surface area contributed by atoms with Crippen molar-refractivity contribution in [1.82, 2.24) is 0 Å². The minimum atomic E-state index is -1.22. The highest BCUT2D eigenvalue weighted by Crippen LogP contribution is 2.50. The summed E-state index contributed by atoms with van der Waals surface area (Å²) in [6, 6.07) is 34.1. The summed E-state index contributed by atoms with van der Waals surface area (Å²) in [5.74, 6) is 0. The number of thioether (sulfide) groups is 2. The van der Waals surface area contributed by atoms with Crippen LogP contribution in [-0.4, -0.2) is 33.4 Å². The molecule has 0 bridgehead atoms. The summed E-state index contributed by atoms with van der Waals surface area (Å²) < 4.78 is 25.0. The molecular weight excluding hydrogens is 705 g/mol. The maximum Gasteiger partial charge on any atom is 0.0739 e. The van der Waals surface area contributed by atoms with E-state index in [-0.39, 0.29) is 0 Å². The quantitative estimate of drug-likeness (QED) is 0.145. The van der Waals surface area contributed by atoms with Crippen LogP contribution < -0.4 is 0 Å². The molecule has 0 radical (unpaired) electrons. The van der Waals surface area contributed by atoms with Crippen molar-refractivity contribution >= 4 is 67.8 Å². The first-order valence-corrected chi connectivity index (χ1v) is 22.6. The highest BCUT2D eigenvalue weighted by molar-refractivity contribution is 8.02. The van der Waals surface area contributed by atoms with E-state index in [2.05, 4.69) is 74.9 Å². The van der Waals surface area contributed by atoms with Gasteiger partial charge in [0, 0.05) is 32.1 Å². The van der Waals surface area contributed by atoms with Crippen LogP contribution in [0.2, 0.25) is 0 Å². The van der Waals surface area contributed by atoms with Crippen molar-refractivity contribution in [2.24, 2.45) is 0 Å². The molecule has 0 amide bonds. The van der Waals surface area contributed by atoms with Gasteiger partial charge in [-0.3, -0.25) is 8.42 Å². The minimum absolute atomic E-state index is 0.699. The predicted octanol–water partition coefficient (Wildman–Crippen LogP) is 12.3. The van der Waals surface area contributed by atoms with Gasteiger partial charge in [0.2, 0.25) is 0 Å². The van der Waals surface area contributed by atoms with E-state index in [0.717, 1.165) is 20.9 Å². The van der Waals surface area contributed by atoms with Crippen LogP contribution in [0.3, 0.4) is 0 Å². The van der Waals surface area contributed by atoms with Crippen LogP contribution in [0.5, 0.6) is 0 Å². The Morgan fingerprint density at radius 1 is 0.417 bits per heavy atom. The number of thiophene rings is 2. The third-order valence-electron chi connectivity index (χ3n) is 7.88. The number of benzene rings is 4. The topological polar surface area (TPSA) is 34.1 Å². The van der Waals surface area contributed by atoms with Crippen LogP contribution in [0.15, 0.2) is 117 Å². The van der Waals surface area contributed by atoms with Gasteiger partial charge in [0.1, 0.15) is 0 Å². The van der Waals surface area contributed by atoms with Gasteiger partial charge in [0.15, 0.2) is 0 Å². The Labute approximate surface area is 307 Å². The van der Waals surface area contributed by atoms with Crippen LogP contribution >= 0.6 is 46.2 Å². The zero-order valence-corrected chi connectivity index (χ0v) is 33.4. The fourth-order valence-electron chi connectivity index (χ4n) is 5.27. The van der Waals surface area contributed by atoms with Crippen molar-refractivity contribution in [3.8, 4) is 41.8 Å². The standard InChI is InChI=1S/C20H20O2S3.C20H20S3/c1-13-5-9-15(10-6-13)17-19(24(3)21)20(25(4)22)18(23-17)16-11-7-14(2)8-12-16;1-13-5-9-15(10-6-13)17-19(21-3)20(22-4)18(23-17)16-11-7-14(2)8-12-16/h5-12H,1-4H3;5-12H,1-4H3. The number of aryl methyl sites for hydroxylation is 4. The lowest BCUT2D eigenvalue weighted by Crippen LogP contribution is -1.97. The van der Waals surface area contributed by atoms with Gasteiger partial charge < -0.3 is 0 Å². The Morgan fingerprint density at radius 3 is 0.875 bits per heavy atom. The van der Waals surface area contributed by atoms with Crippen molar-refractivity contribution in [3.05, 3.63) is 119 Å². The molecule has 0 saturated carbocycles. The highest BCUT2D eigenvalue weighted by atomic mass is 32.2. The summed E-state index contributed by atoms with van der Waals surface area (Å²) in [7, 11) is -2.44. The molecule has 2 heterocycles. The molecule has 0 aliphatic carbocycles. The molecule has 2 unspecified atom stereocenters. The van der Waals surface area contributed by atoms with Gasteiger partial charge in [0.25, 0.3) is 0 Å². The predicted molar refractivity (Wildman–Crippen MR) is 218 cm³/mol. The van der Waals surface area contributed by atoms with Crippen molar-refractivity contribution in [2.45, 2.75) is 47.3 Å². The van der Waals surface area contributed by atoms with E-state index in [1.165, 1.54) is 52.9 Å². The molecule has 248 valence electrons. The van der Waals surface area contributed by atoms with Crippen LogP contribution in [0, 0.1) is 27.7 Å². The number of hydrogen-bond donors (Lipinski definition) is 0. The van der Waals surface area contributed by atoms with Gasteiger partial charge >= 0.3 is 0 Å². The van der Waals surface area contributed by atoms with Crippen LogP contribution in [0.1, 0.15) is 22.3 Å². The monoisotopic (exact) mass is 744 g/mol. The summed E-state index contributed by atoms with van der Waals surface area (Å²) in [6.45, 7) is 8.36. The molecule has 6 aromatic rings. The summed E-state index contributed by atoms with van der Waals surface area (Å²) >= 11 is 7.19. The van der Waals surface area contributed by atoms with Gasteiger partial charge in [-0.1, -0.05) is 119 Å². The van der Waals surface area contributed by atoms with Gasteiger partial charge in [-0.2, -0.15) is 0 Å². The first-order chi connectivity index (χ1) is 23.0. The van der Waals surface area contributed by atoms with Crippen molar-refractivity contribution in [1.29, 1.82) is 0 Å². The molecule has 48 heavy (non-hydrogen) atoms. The molecule has 6 rings (SSSR count). The second-order valence-corrected chi connectivity index (χ2v) is 17.9. The Hall–Kier alpha value is -2.72. The summed E-state index contributed by atoms with van der Waals surface area (Å²) in [6.07, 6.45) is 7.68. The second-order valence-electron chi connectivity index (χ2n) is 11.6. The van der Waals surface area contributed by atoms with Crippen LogP contribution in [0.4, 0.5) is 0 Å². The van der Waals surface area contributed by atoms with Crippen molar-refractivity contribution < 1.29 is 8.42 Å². The number of rotatable bonds is 8. The molecule has 2 aromatic heterocycles. The summed E-state index contributed by atoms with van der Waals surface area (Å²) in [5, 5.41) is 0. The SMILES string of the molecule is CSc1c(-c2ccc(C)cc2)sc(-c2ccc(C)cc2)c1SC.Cc1ccc(-c2sc(-c3ccc(C)cc3)c(S(C)=O)c2S(C)=O)cc1. The van der Waals surface area contributed by atoms with Crippen molar-refractivity contribution in [3.63, 3.8) is 0 Å². The van der Waals surface area contributed by atoms with Crippen LogP contribution in [-0.2, 0) is 21.6 Å². The van der Waals surface area contributed by atoms with E-state index in [9.17, 15) is 8.42 Å². The first-order valence-electron chi connectivity index (χ1n) is 15.4. The fourth-order valence-corrected chi connectivity index (χ4v) is 13.3. The normalized spacial score (nSPS) is 12.3. The Bertz CT molecular complexity index is 1910. The van der Waals surface area contributed by atoms with Gasteiger partial charge in [-0.25, -0.2) is 0 Å². The molecule has 0 N–H and O–H groups in total. The van der Waals surface area contributed by atoms with E-state index >= 15 is 0 Å². The molecular formula is C40H40O2S6. The van der Waals surface area contributed by atoms with E-state index in [0.29, 0.717) is 9.79 Å². The molecule has 0 spiro atoms. The molecule has 0 saturated heterocycles. The lowest BCUT2D eigenvalue weighted by molar-refractivity contribution is 0.679. The average molecular weight is 745 g/mol. The molecule has 2 atom stereocenters.